The van der Waals surface area contributed by atoms with Crippen LogP contribution in [0.5, 0.6) is 11.5 Å². The van der Waals surface area contributed by atoms with Crippen molar-refractivity contribution in [3.05, 3.63) is 95.1 Å². The fraction of sp³-hybridized carbons (Fsp3) is 0.217. The summed E-state index contributed by atoms with van der Waals surface area (Å²) in [5.41, 5.74) is 10.7. The highest BCUT2D eigenvalue weighted by Crippen LogP contribution is 2.24. The summed E-state index contributed by atoms with van der Waals surface area (Å²) in [4.78, 5) is 0. The number of benzene rings is 3. The minimum absolute atomic E-state index is 0.211. The van der Waals surface area contributed by atoms with Crippen molar-refractivity contribution < 1.29 is 9.84 Å². The molecule has 0 aliphatic carbocycles. The molecule has 3 heteroatoms. The van der Waals surface area contributed by atoms with Crippen LogP contribution in [0.3, 0.4) is 0 Å². The first-order valence-electron chi connectivity index (χ1n) is 8.90. The van der Waals surface area contributed by atoms with E-state index in [-0.39, 0.29) is 11.7 Å². The molecule has 0 heterocycles. The van der Waals surface area contributed by atoms with Crippen LogP contribution >= 0.6 is 0 Å². The standard InChI is InChI=1S/C23H25NO2/c1-17-5-7-18(8-6-17)16-26-23-4-2-3-19(14-23)13-21(15-24)20-9-11-22(25)12-10-20/h2-12,14,21,25H,13,15-16,24H2,1H3. The third kappa shape index (κ3) is 4.87. The van der Waals surface area contributed by atoms with Crippen molar-refractivity contribution >= 4 is 0 Å². The molecule has 0 saturated heterocycles. The molecule has 0 aliphatic heterocycles. The fourth-order valence-corrected chi connectivity index (χ4v) is 2.98. The smallest absolute Gasteiger partial charge is 0.120 e. The Morgan fingerprint density at radius 3 is 2.35 bits per heavy atom. The Morgan fingerprint density at radius 1 is 0.923 bits per heavy atom. The molecule has 0 amide bonds. The number of nitrogens with two attached hydrogens (primary N) is 1. The summed E-state index contributed by atoms with van der Waals surface area (Å²) in [6.07, 6.45) is 0.836. The van der Waals surface area contributed by atoms with E-state index in [4.69, 9.17) is 10.5 Å². The van der Waals surface area contributed by atoms with Crippen molar-refractivity contribution in [2.75, 3.05) is 6.54 Å². The maximum Gasteiger partial charge on any atom is 0.120 e. The van der Waals surface area contributed by atoms with Gasteiger partial charge in [-0.2, -0.15) is 0 Å². The first-order chi connectivity index (χ1) is 12.6. The Kier molecular flexibility index (Phi) is 5.92. The van der Waals surface area contributed by atoms with Crippen LogP contribution < -0.4 is 10.5 Å². The lowest BCUT2D eigenvalue weighted by atomic mass is 9.92. The molecule has 0 radical (unpaired) electrons. The average Bonchev–Trinajstić information content (AvgIpc) is 2.67. The molecule has 0 aromatic heterocycles. The van der Waals surface area contributed by atoms with Gasteiger partial charge in [-0.25, -0.2) is 0 Å². The van der Waals surface area contributed by atoms with Gasteiger partial charge in [0, 0.05) is 5.92 Å². The van der Waals surface area contributed by atoms with Gasteiger partial charge in [0.05, 0.1) is 0 Å². The number of rotatable bonds is 7. The minimum Gasteiger partial charge on any atom is -0.508 e. The van der Waals surface area contributed by atoms with Crippen molar-refractivity contribution in [3.8, 4) is 11.5 Å². The lowest BCUT2D eigenvalue weighted by molar-refractivity contribution is 0.306. The van der Waals surface area contributed by atoms with Gasteiger partial charge in [0.2, 0.25) is 0 Å². The summed E-state index contributed by atoms with van der Waals surface area (Å²) in [5, 5.41) is 9.46. The van der Waals surface area contributed by atoms with Crippen molar-refractivity contribution in [1.29, 1.82) is 0 Å². The van der Waals surface area contributed by atoms with Crippen LogP contribution in [0.25, 0.3) is 0 Å². The molecule has 0 bridgehead atoms. The fourth-order valence-electron chi connectivity index (χ4n) is 2.98. The van der Waals surface area contributed by atoms with Crippen LogP contribution in [-0.4, -0.2) is 11.7 Å². The second-order valence-electron chi connectivity index (χ2n) is 6.65. The number of aromatic hydroxyl groups is 1. The number of aryl methyl sites for hydroxylation is 1. The predicted octanol–water partition coefficient (Wildman–Crippen LogP) is 4.56. The van der Waals surface area contributed by atoms with E-state index in [1.54, 1.807) is 12.1 Å². The van der Waals surface area contributed by atoms with Crippen LogP contribution in [0.4, 0.5) is 0 Å². The highest BCUT2D eigenvalue weighted by Gasteiger charge is 2.11. The van der Waals surface area contributed by atoms with Crippen molar-refractivity contribution in [2.45, 2.75) is 25.9 Å². The van der Waals surface area contributed by atoms with Crippen LogP contribution in [0.15, 0.2) is 72.8 Å². The number of phenolic OH excluding ortho intramolecular Hbond substituents is 1. The SMILES string of the molecule is Cc1ccc(COc2cccc(CC(CN)c3ccc(O)cc3)c2)cc1. The first kappa shape index (κ1) is 18.0. The van der Waals surface area contributed by atoms with Gasteiger partial charge in [0.1, 0.15) is 18.1 Å². The molecular formula is C23H25NO2. The third-order valence-electron chi connectivity index (χ3n) is 4.56. The van der Waals surface area contributed by atoms with Crippen LogP contribution in [0.1, 0.15) is 28.2 Å². The number of phenols is 1. The summed E-state index contributed by atoms with van der Waals surface area (Å²) < 4.78 is 5.94. The zero-order valence-corrected chi connectivity index (χ0v) is 15.1. The molecule has 3 nitrogen and oxygen atoms in total. The Hall–Kier alpha value is -2.78. The van der Waals surface area contributed by atoms with Crippen molar-refractivity contribution in [3.63, 3.8) is 0 Å². The number of ether oxygens (including phenoxy) is 1. The van der Waals surface area contributed by atoms with Crippen molar-refractivity contribution in [1.82, 2.24) is 0 Å². The van der Waals surface area contributed by atoms with E-state index >= 15 is 0 Å². The Balaban J connectivity index is 1.66. The second-order valence-corrected chi connectivity index (χ2v) is 6.65. The first-order valence-corrected chi connectivity index (χ1v) is 8.90. The molecule has 1 unspecified atom stereocenters. The largest absolute Gasteiger partial charge is 0.508 e. The molecule has 26 heavy (non-hydrogen) atoms. The van der Waals surface area contributed by atoms with Gasteiger partial charge in [0.15, 0.2) is 0 Å². The van der Waals surface area contributed by atoms with E-state index in [2.05, 4.69) is 43.3 Å². The zero-order valence-electron chi connectivity index (χ0n) is 15.1. The van der Waals surface area contributed by atoms with Gasteiger partial charge in [-0.3, -0.25) is 0 Å². The normalized spacial score (nSPS) is 11.9. The van der Waals surface area contributed by atoms with E-state index in [1.807, 2.05) is 24.3 Å². The highest BCUT2D eigenvalue weighted by atomic mass is 16.5. The quantitative estimate of drug-likeness (QED) is 0.658. The zero-order chi connectivity index (χ0) is 18.4. The molecule has 0 aliphatic rings. The molecule has 1 atom stereocenters. The molecule has 3 aromatic rings. The third-order valence-corrected chi connectivity index (χ3v) is 4.56. The van der Waals surface area contributed by atoms with Gasteiger partial charge >= 0.3 is 0 Å². The van der Waals surface area contributed by atoms with E-state index in [0.29, 0.717) is 13.2 Å². The Bertz CT molecular complexity index is 826. The minimum atomic E-state index is 0.211. The molecule has 0 saturated carbocycles. The molecule has 3 rings (SSSR count). The monoisotopic (exact) mass is 347 g/mol. The number of hydrogen-bond donors (Lipinski definition) is 2. The van der Waals surface area contributed by atoms with Gasteiger partial charge < -0.3 is 15.6 Å². The molecular weight excluding hydrogens is 322 g/mol. The highest BCUT2D eigenvalue weighted by molar-refractivity contribution is 5.33. The van der Waals surface area contributed by atoms with Gasteiger partial charge in [-0.1, -0.05) is 54.1 Å². The van der Waals surface area contributed by atoms with E-state index in [0.717, 1.165) is 23.3 Å². The summed E-state index contributed by atoms with van der Waals surface area (Å²) in [5.74, 6) is 1.35. The van der Waals surface area contributed by atoms with E-state index in [1.165, 1.54) is 11.1 Å². The van der Waals surface area contributed by atoms with Crippen LogP contribution in [-0.2, 0) is 13.0 Å². The molecule has 0 fully saturated rings. The van der Waals surface area contributed by atoms with Gasteiger partial charge in [-0.15, -0.1) is 0 Å². The van der Waals surface area contributed by atoms with E-state index in [9.17, 15) is 5.11 Å². The number of hydrogen-bond acceptors (Lipinski definition) is 3. The average molecular weight is 347 g/mol. The Labute approximate surface area is 155 Å². The summed E-state index contributed by atoms with van der Waals surface area (Å²) in [6.45, 7) is 3.19. The van der Waals surface area contributed by atoms with Crippen LogP contribution in [0.2, 0.25) is 0 Å². The van der Waals surface area contributed by atoms with Crippen LogP contribution in [0, 0.1) is 6.92 Å². The Morgan fingerprint density at radius 2 is 1.65 bits per heavy atom. The molecule has 3 aromatic carbocycles. The summed E-state index contributed by atoms with van der Waals surface area (Å²) >= 11 is 0. The lowest BCUT2D eigenvalue weighted by Gasteiger charge is -2.16. The van der Waals surface area contributed by atoms with Gasteiger partial charge in [-0.05, 0) is 60.8 Å². The molecule has 3 N–H and O–H groups in total. The van der Waals surface area contributed by atoms with Crippen molar-refractivity contribution in [2.24, 2.45) is 5.73 Å². The lowest BCUT2D eigenvalue weighted by Crippen LogP contribution is -2.15. The molecule has 0 spiro atoms. The maximum absolute atomic E-state index is 9.46. The molecule has 134 valence electrons. The summed E-state index contributed by atoms with van der Waals surface area (Å²) in [6, 6.07) is 23.8. The maximum atomic E-state index is 9.46. The topological polar surface area (TPSA) is 55.5 Å². The second kappa shape index (κ2) is 8.54. The van der Waals surface area contributed by atoms with E-state index < -0.39 is 0 Å². The predicted molar refractivity (Wildman–Crippen MR) is 106 cm³/mol. The summed E-state index contributed by atoms with van der Waals surface area (Å²) in [7, 11) is 0. The van der Waals surface area contributed by atoms with Gasteiger partial charge in [0.25, 0.3) is 0 Å².